The summed E-state index contributed by atoms with van der Waals surface area (Å²) < 4.78 is 40.1. The Balaban J connectivity index is 2.58. The Kier molecular flexibility index (Phi) is 4.43. The average Bonchev–Trinajstić information content (AvgIpc) is 2.13. The number of nitrogens with one attached hydrogen (secondary N) is 1. The SMILES string of the molecule is C=CC(Cl)C1=NN[C@H]1[C@H](C)[C@H](C)OC(F)(F)F. The third-order valence-electron chi connectivity index (χ3n) is 2.73. The van der Waals surface area contributed by atoms with Gasteiger partial charge in [-0.05, 0) is 6.92 Å². The maximum Gasteiger partial charge on any atom is 0.522 e. The Morgan fingerprint density at radius 1 is 1.53 bits per heavy atom. The van der Waals surface area contributed by atoms with E-state index < -0.39 is 23.8 Å². The molecule has 0 aromatic rings. The van der Waals surface area contributed by atoms with Crippen LogP contribution in [0.2, 0.25) is 0 Å². The molecule has 1 N–H and O–H groups in total. The lowest BCUT2D eigenvalue weighted by molar-refractivity contribution is -0.345. The second-order valence-electron chi connectivity index (χ2n) is 3.91. The molecule has 0 amide bonds. The number of allylic oxidation sites excluding steroid dienone is 1. The highest BCUT2D eigenvalue weighted by Crippen LogP contribution is 2.26. The number of hydrogen-bond acceptors (Lipinski definition) is 3. The molecule has 0 fully saturated rings. The molecule has 0 aromatic heterocycles. The highest BCUT2D eigenvalue weighted by molar-refractivity contribution is 6.34. The molecule has 1 aliphatic heterocycles. The van der Waals surface area contributed by atoms with E-state index in [0.717, 1.165) is 0 Å². The summed E-state index contributed by atoms with van der Waals surface area (Å²) in [6.07, 6.45) is -4.13. The fourth-order valence-electron chi connectivity index (χ4n) is 1.54. The monoisotopic (exact) mass is 270 g/mol. The Hall–Kier alpha value is -0.750. The second-order valence-corrected chi connectivity index (χ2v) is 4.38. The third-order valence-corrected chi connectivity index (χ3v) is 3.13. The largest absolute Gasteiger partial charge is 0.522 e. The van der Waals surface area contributed by atoms with Crippen LogP contribution in [0.3, 0.4) is 0 Å². The molecule has 3 nitrogen and oxygen atoms in total. The van der Waals surface area contributed by atoms with Gasteiger partial charge in [0.1, 0.15) is 0 Å². The summed E-state index contributed by atoms with van der Waals surface area (Å²) in [5.74, 6) is -0.398. The Labute approximate surface area is 103 Å². The van der Waals surface area contributed by atoms with Crippen LogP contribution >= 0.6 is 11.6 Å². The smallest absolute Gasteiger partial charge is 0.301 e. The normalized spacial score (nSPS) is 25.1. The van der Waals surface area contributed by atoms with E-state index in [1.165, 1.54) is 13.0 Å². The summed E-state index contributed by atoms with van der Waals surface area (Å²) in [7, 11) is 0. The minimum atomic E-state index is -4.63. The molecule has 98 valence electrons. The molecule has 17 heavy (non-hydrogen) atoms. The average molecular weight is 271 g/mol. The molecule has 1 unspecified atom stereocenters. The summed E-state index contributed by atoms with van der Waals surface area (Å²) in [6, 6.07) is -0.312. The first kappa shape index (κ1) is 14.3. The summed E-state index contributed by atoms with van der Waals surface area (Å²) in [5, 5.41) is 3.38. The van der Waals surface area contributed by atoms with Crippen molar-refractivity contribution in [2.24, 2.45) is 11.0 Å². The van der Waals surface area contributed by atoms with Crippen molar-refractivity contribution in [3.8, 4) is 0 Å². The Bertz CT molecular complexity index is 319. The molecule has 0 aromatic carbocycles. The van der Waals surface area contributed by atoms with Crippen molar-refractivity contribution in [1.29, 1.82) is 0 Å². The van der Waals surface area contributed by atoms with Gasteiger partial charge >= 0.3 is 6.36 Å². The van der Waals surface area contributed by atoms with Gasteiger partial charge in [-0.25, -0.2) is 0 Å². The first-order valence-corrected chi connectivity index (χ1v) is 5.54. The van der Waals surface area contributed by atoms with Crippen molar-refractivity contribution < 1.29 is 17.9 Å². The first-order valence-electron chi connectivity index (χ1n) is 5.10. The van der Waals surface area contributed by atoms with Gasteiger partial charge in [0.25, 0.3) is 0 Å². The van der Waals surface area contributed by atoms with Crippen LogP contribution in [0.15, 0.2) is 17.8 Å². The number of hydrazone groups is 1. The third kappa shape index (κ3) is 3.61. The predicted molar refractivity (Wildman–Crippen MR) is 60.0 cm³/mol. The maximum atomic E-state index is 12.1. The fourth-order valence-corrected chi connectivity index (χ4v) is 1.73. The van der Waals surface area contributed by atoms with Gasteiger partial charge in [0, 0.05) is 5.92 Å². The van der Waals surface area contributed by atoms with Gasteiger partial charge in [-0.3, -0.25) is 4.74 Å². The van der Waals surface area contributed by atoms with Gasteiger partial charge < -0.3 is 5.43 Å². The van der Waals surface area contributed by atoms with E-state index in [2.05, 4.69) is 21.8 Å². The number of nitrogens with zero attached hydrogens (tertiary/aromatic N) is 1. The van der Waals surface area contributed by atoms with Crippen molar-refractivity contribution in [2.75, 3.05) is 0 Å². The maximum absolute atomic E-state index is 12.1. The van der Waals surface area contributed by atoms with Crippen molar-refractivity contribution in [3.05, 3.63) is 12.7 Å². The fraction of sp³-hybridized carbons (Fsp3) is 0.700. The number of halogens is 4. The van der Waals surface area contributed by atoms with Crippen LogP contribution in [-0.2, 0) is 4.74 Å². The predicted octanol–water partition coefficient (Wildman–Crippen LogP) is 2.67. The molecule has 0 saturated carbocycles. The van der Waals surface area contributed by atoms with Crippen molar-refractivity contribution in [1.82, 2.24) is 5.43 Å². The van der Waals surface area contributed by atoms with Gasteiger partial charge in [0.05, 0.1) is 23.2 Å². The van der Waals surface area contributed by atoms with E-state index in [1.807, 2.05) is 0 Å². The molecule has 1 rings (SSSR count). The zero-order valence-corrected chi connectivity index (χ0v) is 10.2. The van der Waals surface area contributed by atoms with Crippen LogP contribution in [0, 0.1) is 5.92 Å². The molecule has 4 atom stereocenters. The van der Waals surface area contributed by atoms with Gasteiger partial charge in [0.15, 0.2) is 0 Å². The van der Waals surface area contributed by atoms with Gasteiger partial charge in [-0.1, -0.05) is 13.0 Å². The van der Waals surface area contributed by atoms with Crippen molar-refractivity contribution >= 4 is 17.3 Å². The molecule has 0 radical (unpaired) electrons. The van der Waals surface area contributed by atoms with E-state index >= 15 is 0 Å². The summed E-state index contributed by atoms with van der Waals surface area (Å²) in [6.45, 7) is 6.53. The second kappa shape index (κ2) is 5.27. The highest BCUT2D eigenvalue weighted by atomic mass is 35.5. The standard InChI is InChI=1S/C10H14ClF3N2O/c1-4-7(11)9-8(15-16-9)5(2)6(3)17-10(12,13)14/h4-8,15H,1H2,2-3H3/t5-,6+,7?,8+/m1/s1. The Morgan fingerprint density at radius 2 is 2.12 bits per heavy atom. The van der Waals surface area contributed by atoms with Crippen LogP contribution in [0.1, 0.15) is 13.8 Å². The first-order chi connectivity index (χ1) is 7.76. The zero-order valence-electron chi connectivity index (χ0n) is 9.46. The topological polar surface area (TPSA) is 33.6 Å². The number of hydrogen-bond donors (Lipinski definition) is 1. The molecule has 1 aliphatic rings. The summed E-state index contributed by atoms with van der Waals surface area (Å²) >= 11 is 5.89. The van der Waals surface area contributed by atoms with Crippen LogP contribution in [0.25, 0.3) is 0 Å². The highest BCUT2D eigenvalue weighted by Gasteiger charge is 2.40. The lowest BCUT2D eigenvalue weighted by Gasteiger charge is -2.36. The lowest BCUT2D eigenvalue weighted by atomic mass is 9.90. The zero-order chi connectivity index (χ0) is 13.2. The summed E-state index contributed by atoms with van der Waals surface area (Å²) in [5.41, 5.74) is 3.28. The number of ether oxygens (including phenoxy) is 1. The van der Waals surface area contributed by atoms with Crippen molar-refractivity contribution in [2.45, 2.75) is 37.7 Å². The molecule has 7 heteroatoms. The number of alkyl halides is 4. The van der Waals surface area contributed by atoms with Gasteiger partial charge in [0.2, 0.25) is 0 Å². The van der Waals surface area contributed by atoms with Crippen LogP contribution in [-0.4, -0.2) is 29.6 Å². The van der Waals surface area contributed by atoms with E-state index in [9.17, 15) is 13.2 Å². The van der Waals surface area contributed by atoms with Crippen molar-refractivity contribution in [3.63, 3.8) is 0 Å². The van der Waals surface area contributed by atoms with E-state index in [4.69, 9.17) is 11.6 Å². The minimum absolute atomic E-state index is 0.312. The lowest BCUT2D eigenvalue weighted by Crippen LogP contribution is -2.54. The summed E-state index contributed by atoms with van der Waals surface area (Å²) in [4.78, 5) is 0. The van der Waals surface area contributed by atoms with Crippen LogP contribution in [0.5, 0.6) is 0 Å². The van der Waals surface area contributed by atoms with Gasteiger partial charge in [-0.15, -0.1) is 31.4 Å². The molecular weight excluding hydrogens is 257 g/mol. The van der Waals surface area contributed by atoms with E-state index in [0.29, 0.717) is 5.71 Å². The molecule has 0 aliphatic carbocycles. The van der Waals surface area contributed by atoms with E-state index in [1.54, 1.807) is 6.92 Å². The molecule has 1 heterocycles. The quantitative estimate of drug-likeness (QED) is 0.615. The van der Waals surface area contributed by atoms with Crippen LogP contribution in [0.4, 0.5) is 13.2 Å². The minimum Gasteiger partial charge on any atom is -0.301 e. The molecule has 0 spiro atoms. The Morgan fingerprint density at radius 3 is 2.47 bits per heavy atom. The molecule has 0 bridgehead atoms. The van der Waals surface area contributed by atoms with E-state index in [-0.39, 0.29) is 6.04 Å². The molecule has 0 saturated heterocycles. The number of rotatable bonds is 5. The van der Waals surface area contributed by atoms with Crippen LogP contribution < -0.4 is 5.43 Å². The van der Waals surface area contributed by atoms with Gasteiger partial charge in [-0.2, -0.15) is 5.10 Å². The molecular formula is C10H14ClF3N2O.